The van der Waals surface area contributed by atoms with Crippen LogP contribution in [0.4, 0.5) is 4.79 Å². The van der Waals surface area contributed by atoms with Crippen LogP contribution in [0.3, 0.4) is 0 Å². The van der Waals surface area contributed by atoms with E-state index in [1.54, 1.807) is 4.90 Å². The van der Waals surface area contributed by atoms with E-state index in [0.29, 0.717) is 13.1 Å². The standard InChI is InChI=1S/C17H25NO3/c1-17(2,3)21-16(19)18-12-15(13-18)20-14-10-8-6-4-5-7-9-11-14/h6,8-11,15H,4-5,7,12-13H2,1-3H3/b8-6+,11-9-,14-10+. The van der Waals surface area contributed by atoms with Gasteiger partial charge in [-0.15, -0.1) is 0 Å². The SMILES string of the molecule is CC(C)(C)OC(=O)N1CC(OC2=C/C=C/CCC/C=C\2)C1. The van der Waals surface area contributed by atoms with Gasteiger partial charge < -0.3 is 14.4 Å². The van der Waals surface area contributed by atoms with Gasteiger partial charge in [0.15, 0.2) is 0 Å². The summed E-state index contributed by atoms with van der Waals surface area (Å²) in [6.07, 6.45) is 13.5. The van der Waals surface area contributed by atoms with Gasteiger partial charge in [-0.2, -0.15) is 0 Å². The molecule has 0 bridgehead atoms. The van der Waals surface area contributed by atoms with Crippen LogP contribution >= 0.6 is 0 Å². The molecule has 0 radical (unpaired) electrons. The first-order valence-corrected chi connectivity index (χ1v) is 7.62. The largest absolute Gasteiger partial charge is 0.487 e. The number of likely N-dealkylation sites (tertiary alicyclic amines) is 1. The summed E-state index contributed by atoms with van der Waals surface area (Å²) in [6.45, 7) is 6.79. The monoisotopic (exact) mass is 291 g/mol. The molecule has 21 heavy (non-hydrogen) atoms. The summed E-state index contributed by atoms with van der Waals surface area (Å²) in [4.78, 5) is 13.5. The van der Waals surface area contributed by atoms with Crippen LogP contribution in [0.5, 0.6) is 0 Å². The lowest BCUT2D eigenvalue weighted by molar-refractivity contribution is -0.0397. The van der Waals surface area contributed by atoms with Crippen molar-refractivity contribution >= 4 is 6.09 Å². The third-order valence-electron chi connectivity index (χ3n) is 3.22. The summed E-state index contributed by atoms with van der Waals surface area (Å²) in [5, 5.41) is 0. The fourth-order valence-corrected chi connectivity index (χ4v) is 2.13. The third kappa shape index (κ3) is 5.29. The molecule has 2 aliphatic rings. The van der Waals surface area contributed by atoms with Crippen LogP contribution < -0.4 is 0 Å². The Hall–Kier alpha value is -1.71. The van der Waals surface area contributed by atoms with Crippen LogP contribution in [-0.4, -0.2) is 35.8 Å². The van der Waals surface area contributed by atoms with Gasteiger partial charge >= 0.3 is 6.09 Å². The topological polar surface area (TPSA) is 38.8 Å². The van der Waals surface area contributed by atoms with Gasteiger partial charge in [0.05, 0.1) is 13.1 Å². The highest BCUT2D eigenvalue weighted by atomic mass is 16.6. The Bertz CT molecular complexity index is 451. The fraction of sp³-hybridized carbons (Fsp3) is 0.588. The highest BCUT2D eigenvalue weighted by Gasteiger charge is 2.35. The lowest BCUT2D eigenvalue weighted by atomic mass is 10.1. The Balaban J connectivity index is 1.79. The van der Waals surface area contributed by atoms with Gasteiger partial charge in [-0.3, -0.25) is 0 Å². The number of rotatable bonds is 2. The normalized spacial score (nSPS) is 25.5. The highest BCUT2D eigenvalue weighted by molar-refractivity contribution is 5.69. The minimum atomic E-state index is -0.448. The average molecular weight is 291 g/mol. The van der Waals surface area contributed by atoms with Crippen molar-refractivity contribution in [1.82, 2.24) is 4.90 Å². The molecule has 1 fully saturated rings. The maximum atomic E-state index is 11.8. The quantitative estimate of drug-likeness (QED) is 0.776. The minimum Gasteiger partial charge on any atom is -0.487 e. The lowest BCUT2D eigenvalue weighted by Crippen LogP contribution is -2.55. The van der Waals surface area contributed by atoms with Crippen LogP contribution in [0.1, 0.15) is 40.0 Å². The first-order valence-electron chi connectivity index (χ1n) is 7.62. The molecule has 0 unspecified atom stereocenters. The van der Waals surface area contributed by atoms with Crippen molar-refractivity contribution in [3.63, 3.8) is 0 Å². The minimum absolute atomic E-state index is 0.0579. The molecule has 0 aromatic rings. The van der Waals surface area contributed by atoms with Crippen LogP contribution in [0.2, 0.25) is 0 Å². The molecule has 1 aliphatic heterocycles. The van der Waals surface area contributed by atoms with E-state index >= 15 is 0 Å². The molecule has 1 heterocycles. The zero-order chi connectivity index (χ0) is 15.3. The predicted molar refractivity (Wildman–Crippen MR) is 82.9 cm³/mol. The van der Waals surface area contributed by atoms with E-state index in [1.807, 2.05) is 39.0 Å². The first kappa shape index (κ1) is 15.7. The van der Waals surface area contributed by atoms with Crippen molar-refractivity contribution in [2.45, 2.75) is 51.7 Å². The molecule has 1 saturated heterocycles. The van der Waals surface area contributed by atoms with Crippen LogP contribution in [-0.2, 0) is 9.47 Å². The van der Waals surface area contributed by atoms with Gasteiger partial charge in [-0.1, -0.05) is 18.2 Å². The first-order chi connectivity index (χ1) is 9.94. The van der Waals surface area contributed by atoms with E-state index in [-0.39, 0.29) is 12.2 Å². The number of carbonyl (C=O) groups is 1. The van der Waals surface area contributed by atoms with E-state index in [4.69, 9.17) is 9.47 Å². The Morgan fingerprint density at radius 3 is 2.67 bits per heavy atom. The lowest BCUT2D eigenvalue weighted by Gasteiger charge is -2.39. The van der Waals surface area contributed by atoms with Gasteiger partial charge in [-0.05, 0) is 52.2 Å². The smallest absolute Gasteiger partial charge is 0.410 e. The van der Waals surface area contributed by atoms with Crippen molar-refractivity contribution in [2.75, 3.05) is 13.1 Å². The molecule has 116 valence electrons. The second kappa shape index (κ2) is 6.83. The molecule has 0 saturated carbocycles. The van der Waals surface area contributed by atoms with E-state index in [0.717, 1.165) is 18.6 Å². The molecule has 4 heteroatoms. The zero-order valence-electron chi connectivity index (χ0n) is 13.2. The number of hydrogen-bond donors (Lipinski definition) is 0. The Morgan fingerprint density at radius 2 is 1.95 bits per heavy atom. The van der Waals surface area contributed by atoms with E-state index in [1.165, 1.54) is 6.42 Å². The molecule has 4 nitrogen and oxygen atoms in total. The molecular weight excluding hydrogens is 266 g/mol. The summed E-state index contributed by atoms with van der Waals surface area (Å²) >= 11 is 0. The Kier molecular flexibility index (Phi) is 5.10. The average Bonchev–Trinajstić information content (AvgIpc) is 2.44. The summed E-state index contributed by atoms with van der Waals surface area (Å²) < 4.78 is 11.2. The van der Waals surface area contributed by atoms with Crippen molar-refractivity contribution < 1.29 is 14.3 Å². The van der Waals surface area contributed by atoms with E-state index < -0.39 is 5.60 Å². The summed E-state index contributed by atoms with van der Waals surface area (Å²) in [7, 11) is 0. The van der Waals surface area contributed by atoms with Gasteiger partial charge in [0, 0.05) is 0 Å². The Morgan fingerprint density at radius 1 is 1.24 bits per heavy atom. The van der Waals surface area contributed by atoms with Crippen molar-refractivity contribution in [3.05, 3.63) is 36.1 Å². The molecule has 1 amide bonds. The van der Waals surface area contributed by atoms with E-state index in [9.17, 15) is 4.79 Å². The predicted octanol–water partition coefficient (Wildman–Crippen LogP) is 3.80. The van der Waals surface area contributed by atoms with E-state index in [2.05, 4.69) is 12.2 Å². The second-order valence-electron chi connectivity index (χ2n) is 6.46. The van der Waals surface area contributed by atoms with Gasteiger partial charge in [0.1, 0.15) is 17.5 Å². The Labute approximate surface area is 127 Å². The summed E-state index contributed by atoms with van der Waals surface area (Å²) in [5.41, 5.74) is -0.448. The molecule has 0 aromatic carbocycles. The summed E-state index contributed by atoms with van der Waals surface area (Å²) in [5.74, 6) is 0.863. The maximum Gasteiger partial charge on any atom is 0.410 e. The van der Waals surface area contributed by atoms with Gasteiger partial charge in [0.25, 0.3) is 0 Å². The zero-order valence-corrected chi connectivity index (χ0v) is 13.2. The van der Waals surface area contributed by atoms with Gasteiger partial charge in [0.2, 0.25) is 0 Å². The second-order valence-corrected chi connectivity index (χ2v) is 6.46. The number of nitrogens with zero attached hydrogens (tertiary/aromatic N) is 1. The third-order valence-corrected chi connectivity index (χ3v) is 3.22. The van der Waals surface area contributed by atoms with Gasteiger partial charge in [-0.25, -0.2) is 4.79 Å². The number of ether oxygens (including phenoxy) is 2. The van der Waals surface area contributed by atoms with Crippen molar-refractivity contribution in [2.24, 2.45) is 0 Å². The molecular formula is C17H25NO3. The molecule has 0 aromatic heterocycles. The number of carbonyl (C=O) groups excluding carboxylic acids is 1. The highest BCUT2D eigenvalue weighted by Crippen LogP contribution is 2.20. The molecule has 0 spiro atoms. The van der Waals surface area contributed by atoms with Crippen molar-refractivity contribution in [3.8, 4) is 0 Å². The van der Waals surface area contributed by atoms with Crippen molar-refractivity contribution in [1.29, 1.82) is 0 Å². The molecule has 0 atom stereocenters. The number of hydrogen-bond acceptors (Lipinski definition) is 3. The maximum absolute atomic E-state index is 11.8. The number of amides is 1. The molecule has 0 N–H and O–H groups in total. The molecule has 1 aliphatic carbocycles. The number of allylic oxidation sites excluding steroid dienone is 5. The summed E-state index contributed by atoms with van der Waals surface area (Å²) in [6, 6.07) is 0. The van der Waals surface area contributed by atoms with Crippen LogP contribution in [0.15, 0.2) is 36.1 Å². The molecule has 2 rings (SSSR count). The van der Waals surface area contributed by atoms with Crippen LogP contribution in [0, 0.1) is 0 Å². The van der Waals surface area contributed by atoms with Crippen LogP contribution in [0.25, 0.3) is 0 Å². The fourth-order valence-electron chi connectivity index (χ4n) is 2.13.